The van der Waals surface area contributed by atoms with Crippen molar-refractivity contribution in [3.05, 3.63) is 28.8 Å². The minimum atomic E-state index is -0.294. The third kappa shape index (κ3) is 4.33. The molecule has 0 fully saturated rings. The van der Waals surface area contributed by atoms with Crippen molar-refractivity contribution in [3.8, 4) is 11.8 Å². The predicted molar refractivity (Wildman–Crippen MR) is 64.7 cm³/mol. The molecular weight excluding hydrogens is 240 g/mol. The summed E-state index contributed by atoms with van der Waals surface area (Å²) >= 11 is 5.99. The molecule has 0 aromatic heterocycles. The summed E-state index contributed by atoms with van der Waals surface area (Å²) in [6.45, 7) is 2.79. The summed E-state index contributed by atoms with van der Waals surface area (Å²) in [6, 6.07) is 7.10. The molecule has 0 atom stereocenters. The summed E-state index contributed by atoms with van der Waals surface area (Å²) in [5.74, 6) is 0.332. The van der Waals surface area contributed by atoms with E-state index in [1.165, 1.54) is 0 Å². The van der Waals surface area contributed by atoms with Crippen LogP contribution in [0.1, 0.15) is 18.9 Å². The van der Waals surface area contributed by atoms with E-state index in [1.54, 1.807) is 18.2 Å². The molecule has 1 aromatic rings. The van der Waals surface area contributed by atoms with Crippen molar-refractivity contribution in [2.24, 2.45) is 0 Å². The van der Waals surface area contributed by atoms with Gasteiger partial charge < -0.3 is 10.1 Å². The van der Waals surface area contributed by atoms with Gasteiger partial charge in [0.15, 0.2) is 0 Å². The van der Waals surface area contributed by atoms with Crippen LogP contribution in [-0.2, 0) is 11.3 Å². The third-order valence-electron chi connectivity index (χ3n) is 2.03. The second-order valence-electron chi connectivity index (χ2n) is 3.31. The highest BCUT2D eigenvalue weighted by molar-refractivity contribution is 6.32. The summed E-state index contributed by atoms with van der Waals surface area (Å²) in [5, 5.41) is 11.5. The number of halogens is 1. The van der Waals surface area contributed by atoms with Gasteiger partial charge in [-0.05, 0) is 24.6 Å². The number of nitriles is 1. The predicted octanol–water partition coefficient (Wildman–Crippen LogP) is 2.27. The van der Waals surface area contributed by atoms with Gasteiger partial charge in [-0.2, -0.15) is 5.26 Å². The molecular formula is C12H13ClN2O2. The van der Waals surface area contributed by atoms with E-state index in [2.05, 4.69) is 5.32 Å². The van der Waals surface area contributed by atoms with Gasteiger partial charge in [0.05, 0.1) is 17.7 Å². The van der Waals surface area contributed by atoms with Gasteiger partial charge in [-0.25, -0.2) is 0 Å². The van der Waals surface area contributed by atoms with Gasteiger partial charge in [-0.3, -0.25) is 4.79 Å². The third-order valence-corrected chi connectivity index (χ3v) is 2.32. The smallest absolute Gasteiger partial charge is 0.234 e. The molecule has 4 nitrogen and oxygen atoms in total. The van der Waals surface area contributed by atoms with Crippen LogP contribution in [-0.4, -0.2) is 12.5 Å². The Hall–Kier alpha value is -1.73. The van der Waals surface area contributed by atoms with Crippen LogP contribution in [0.2, 0.25) is 5.02 Å². The van der Waals surface area contributed by atoms with Crippen LogP contribution in [0.4, 0.5) is 0 Å². The fourth-order valence-corrected chi connectivity index (χ4v) is 1.52. The number of nitrogens with zero attached hydrogens (tertiary/aromatic N) is 1. The lowest BCUT2D eigenvalue weighted by Crippen LogP contribution is -2.21. The Kier molecular flexibility index (Phi) is 5.31. The molecule has 0 aliphatic carbocycles. The zero-order chi connectivity index (χ0) is 12.7. The largest absolute Gasteiger partial charge is 0.492 e. The quantitative estimate of drug-likeness (QED) is 0.874. The molecule has 17 heavy (non-hydrogen) atoms. The van der Waals surface area contributed by atoms with Crippen molar-refractivity contribution in [2.75, 3.05) is 6.61 Å². The van der Waals surface area contributed by atoms with Crippen molar-refractivity contribution >= 4 is 17.5 Å². The molecule has 0 aliphatic heterocycles. The Labute approximate surface area is 105 Å². The van der Waals surface area contributed by atoms with E-state index < -0.39 is 0 Å². The van der Waals surface area contributed by atoms with Gasteiger partial charge in [-0.1, -0.05) is 17.7 Å². The Bertz CT molecular complexity index is 441. The summed E-state index contributed by atoms with van der Waals surface area (Å²) < 4.78 is 5.29. The van der Waals surface area contributed by atoms with Crippen molar-refractivity contribution < 1.29 is 9.53 Å². The first kappa shape index (κ1) is 13.3. The number of carbonyl (C=O) groups excluding carboxylic acids is 1. The first-order valence-electron chi connectivity index (χ1n) is 5.22. The number of amides is 1. The maximum Gasteiger partial charge on any atom is 0.234 e. The van der Waals surface area contributed by atoms with E-state index in [-0.39, 0.29) is 12.3 Å². The Morgan fingerprint density at radius 3 is 2.94 bits per heavy atom. The number of hydrogen-bond acceptors (Lipinski definition) is 3. The molecule has 0 radical (unpaired) electrons. The highest BCUT2D eigenvalue weighted by atomic mass is 35.5. The van der Waals surface area contributed by atoms with Crippen LogP contribution < -0.4 is 10.1 Å². The van der Waals surface area contributed by atoms with Gasteiger partial charge in [0.2, 0.25) is 5.91 Å². The zero-order valence-electron chi connectivity index (χ0n) is 9.50. The van der Waals surface area contributed by atoms with Crippen molar-refractivity contribution in [3.63, 3.8) is 0 Å². The lowest BCUT2D eigenvalue weighted by molar-refractivity contribution is -0.120. The van der Waals surface area contributed by atoms with Gasteiger partial charge in [0.1, 0.15) is 12.2 Å². The number of carbonyl (C=O) groups is 1. The topological polar surface area (TPSA) is 62.1 Å². The molecule has 0 bridgehead atoms. The second-order valence-corrected chi connectivity index (χ2v) is 3.72. The molecule has 0 saturated heterocycles. The summed E-state index contributed by atoms with van der Waals surface area (Å²) in [5.41, 5.74) is 0.866. The van der Waals surface area contributed by atoms with Gasteiger partial charge in [0, 0.05) is 6.54 Å². The van der Waals surface area contributed by atoms with Crippen LogP contribution in [0.5, 0.6) is 5.75 Å². The monoisotopic (exact) mass is 252 g/mol. The maximum absolute atomic E-state index is 11.1. The second kappa shape index (κ2) is 6.77. The van der Waals surface area contributed by atoms with Gasteiger partial charge in [0.25, 0.3) is 0 Å². The van der Waals surface area contributed by atoms with E-state index in [0.717, 1.165) is 5.56 Å². The number of hydrogen-bond donors (Lipinski definition) is 1. The van der Waals surface area contributed by atoms with Crippen molar-refractivity contribution in [1.29, 1.82) is 5.26 Å². The zero-order valence-corrected chi connectivity index (χ0v) is 10.3. The van der Waals surface area contributed by atoms with E-state index in [9.17, 15) is 4.79 Å². The number of ether oxygens (including phenoxy) is 1. The number of nitrogens with one attached hydrogen (secondary N) is 1. The summed E-state index contributed by atoms with van der Waals surface area (Å²) in [6.07, 6.45) is -0.134. The minimum Gasteiger partial charge on any atom is -0.492 e. The minimum absolute atomic E-state index is 0.134. The molecule has 0 heterocycles. The van der Waals surface area contributed by atoms with Crippen molar-refractivity contribution in [1.82, 2.24) is 5.32 Å². The first-order chi connectivity index (χ1) is 8.17. The Morgan fingerprint density at radius 1 is 1.59 bits per heavy atom. The number of benzene rings is 1. The summed E-state index contributed by atoms with van der Waals surface area (Å²) in [7, 11) is 0. The van der Waals surface area contributed by atoms with Crippen molar-refractivity contribution in [2.45, 2.75) is 19.9 Å². The van der Waals surface area contributed by atoms with E-state index >= 15 is 0 Å². The molecule has 0 spiro atoms. The Balaban J connectivity index is 2.59. The fraction of sp³-hybridized carbons (Fsp3) is 0.333. The van der Waals surface area contributed by atoms with Gasteiger partial charge in [-0.15, -0.1) is 0 Å². The standard InChI is InChI=1S/C12H13ClN2O2/c1-2-17-11-4-3-9(7-10(11)13)8-15-12(16)5-6-14/h3-4,7H,2,5,8H2,1H3,(H,15,16). The average molecular weight is 253 g/mol. The molecule has 0 unspecified atom stereocenters. The molecule has 5 heteroatoms. The van der Waals surface area contributed by atoms with E-state index in [1.807, 2.05) is 13.0 Å². The Morgan fingerprint density at radius 2 is 2.35 bits per heavy atom. The van der Waals surface area contributed by atoms with E-state index in [0.29, 0.717) is 23.9 Å². The lowest BCUT2D eigenvalue weighted by atomic mass is 10.2. The molecule has 0 aliphatic rings. The molecule has 1 rings (SSSR count). The molecule has 90 valence electrons. The van der Waals surface area contributed by atoms with E-state index in [4.69, 9.17) is 21.6 Å². The van der Waals surface area contributed by atoms with Crippen LogP contribution in [0.25, 0.3) is 0 Å². The van der Waals surface area contributed by atoms with Crippen LogP contribution in [0.3, 0.4) is 0 Å². The van der Waals surface area contributed by atoms with Crippen LogP contribution >= 0.6 is 11.6 Å². The van der Waals surface area contributed by atoms with Crippen LogP contribution in [0, 0.1) is 11.3 Å². The molecule has 1 amide bonds. The fourth-order valence-electron chi connectivity index (χ4n) is 1.26. The first-order valence-corrected chi connectivity index (χ1v) is 5.60. The SMILES string of the molecule is CCOc1ccc(CNC(=O)CC#N)cc1Cl. The number of rotatable bonds is 5. The highest BCUT2D eigenvalue weighted by Gasteiger charge is 2.04. The molecule has 1 aromatic carbocycles. The lowest BCUT2D eigenvalue weighted by Gasteiger charge is -2.08. The van der Waals surface area contributed by atoms with Crippen LogP contribution in [0.15, 0.2) is 18.2 Å². The average Bonchev–Trinajstić information content (AvgIpc) is 2.30. The molecule has 0 saturated carbocycles. The maximum atomic E-state index is 11.1. The highest BCUT2D eigenvalue weighted by Crippen LogP contribution is 2.25. The molecule has 1 N–H and O–H groups in total. The normalized spacial score (nSPS) is 9.47. The van der Waals surface area contributed by atoms with Gasteiger partial charge >= 0.3 is 0 Å². The summed E-state index contributed by atoms with van der Waals surface area (Å²) in [4.78, 5) is 11.1.